The molecule has 196 valence electrons. The van der Waals surface area contributed by atoms with Crippen LogP contribution in [-0.2, 0) is 14.3 Å². The van der Waals surface area contributed by atoms with Crippen molar-refractivity contribution in [1.29, 1.82) is 0 Å². The third-order valence-electron chi connectivity index (χ3n) is 10.6. The molecule has 0 heterocycles. The molecule has 5 nitrogen and oxygen atoms in total. The van der Waals surface area contributed by atoms with Crippen LogP contribution in [0.1, 0.15) is 86.5 Å². The van der Waals surface area contributed by atoms with Crippen LogP contribution < -0.4 is 5.32 Å². The topological polar surface area (TPSA) is 58.6 Å². The number of allylic oxidation sites excluding steroid dienone is 2. The van der Waals surface area contributed by atoms with Crippen LogP contribution in [0, 0.1) is 34.5 Å². The number of ether oxygens (including phenoxy) is 1. The Bertz CT molecular complexity index is 903. The highest BCUT2D eigenvalue weighted by molar-refractivity contribution is 5.88. The van der Waals surface area contributed by atoms with Gasteiger partial charge in [0, 0.05) is 25.0 Å². The van der Waals surface area contributed by atoms with Crippen LogP contribution in [0.5, 0.6) is 0 Å². The van der Waals surface area contributed by atoms with E-state index in [1.165, 1.54) is 32.6 Å². The van der Waals surface area contributed by atoms with Crippen molar-refractivity contribution in [3.8, 4) is 0 Å². The highest BCUT2D eigenvalue weighted by atomic mass is 16.5. The van der Waals surface area contributed by atoms with E-state index in [-0.39, 0.29) is 29.4 Å². The van der Waals surface area contributed by atoms with Gasteiger partial charge < -0.3 is 15.0 Å². The Balaban J connectivity index is 1.57. The Morgan fingerprint density at radius 2 is 1.77 bits per heavy atom. The van der Waals surface area contributed by atoms with Crippen molar-refractivity contribution in [2.75, 3.05) is 14.1 Å². The van der Waals surface area contributed by atoms with E-state index in [0.29, 0.717) is 23.3 Å². The number of carbonyl (C=O) groups excluding carboxylic acids is 2. The van der Waals surface area contributed by atoms with Crippen LogP contribution in [0.3, 0.4) is 0 Å². The zero-order chi connectivity index (χ0) is 25.7. The molecule has 4 rings (SSSR count). The van der Waals surface area contributed by atoms with Gasteiger partial charge in [0.2, 0.25) is 5.91 Å². The minimum atomic E-state index is -0.235. The Kier molecular flexibility index (Phi) is 7.32. The number of esters is 1. The lowest BCUT2D eigenvalue weighted by Gasteiger charge is -2.62. The van der Waals surface area contributed by atoms with E-state index in [1.807, 2.05) is 13.8 Å². The maximum atomic E-state index is 12.6. The Morgan fingerprint density at radius 1 is 1.06 bits per heavy atom. The molecule has 0 radical (unpaired) electrons. The molecule has 35 heavy (non-hydrogen) atoms. The summed E-state index contributed by atoms with van der Waals surface area (Å²) in [5.74, 6) is 2.11. The molecule has 0 aliphatic heterocycles. The molecule has 0 aromatic heterocycles. The molecule has 1 amide bonds. The molecular formula is C30H48N2O3. The van der Waals surface area contributed by atoms with Crippen LogP contribution in [0.15, 0.2) is 23.3 Å². The molecule has 5 heteroatoms. The van der Waals surface area contributed by atoms with Gasteiger partial charge >= 0.3 is 5.97 Å². The maximum absolute atomic E-state index is 12.6. The van der Waals surface area contributed by atoms with Crippen LogP contribution >= 0.6 is 0 Å². The summed E-state index contributed by atoms with van der Waals surface area (Å²) in [4.78, 5) is 27.1. The molecule has 4 aliphatic carbocycles. The summed E-state index contributed by atoms with van der Waals surface area (Å²) in [6.45, 7) is 12.8. The second-order valence-corrected chi connectivity index (χ2v) is 13.0. The Hall–Kier alpha value is -1.62. The fourth-order valence-electron chi connectivity index (χ4n) is 8.83. The number of hydrogen-bond acceptors (Lipinski definition) is 4. The monoisotopic (exact) mass is 484 g/mol. The molecule has 0 aromatic carbocycles. The first-order valence-corrected chi connectivity index (χ1v) is 13.9. The van der Waals surface area contributed by atoms with Crippen molar-refractivity contribution < 1.29 is 14.3 Å². The standard InChI is InChI=1S/C30H48N2O3/c1-18(2)17-27(34)31-26-14-16-30(6)24-13-15-29(5)22(19(3)32(7)8)11-12-23(29)21(24)9-10-25(30)28(26)35-20(4)33/h11,17,19,21,23-26,28H,9-10,12-16H2,1-8H3,(H,31,34)/t19-,21-,23-,24-,25?,26-,28+,29+,30+/m0/s1. The number of amides is 1. The van der Waals surface area contributed by atoms with Gasteiger partial charge in [-0.25, -0.2) is 0 Å². The highest BCUT2D eigenvalue weighted by Crippen LogP contribution is 2.66. The largest absolute Gasteiger partial charge is 0.460 e. The smallest absolute Gasteiger partial charge is 0.302 e. The normalized spacial score (nSPS) is 41.1. The lowest BCUT2D eigenvalue weighted by molar-refractivity contribution is -0.178. The first kappa shape index (κ1) is 26.4. The third kappa shape index (κ3) is 4.63. The van der Waals surface area contributed by atoms with E-state index in [1.54, 1.807) is 11.6 Å². The first-order chi connectivity index (χ1) is 16.4. The summed E-state index contributed by atoms with van der Waals surface area (Å²) in [5, 5.41) is 3.19. The first-order valence-electron chi connectivity index (χ1n) is 13.9. The number of nitrogens with one attached hydrogen (secondary N) is 1. The zero-order valence-electron chi connectivity index (χ0n) is 23.3. The minimum Gasteiger partial charge on any atom is -0.460 e. The minimum absolute atomic E-state index is 0.0718. The van der Waals surface area contributed by atoms with Gasteiger partial charge in [-0.2, -0.15) is 0 Å². The van der Waals surface area contributed by atoms with E-state index in [9.17, 15) is 9.59 Å². The van der Waals surface area contributed by atoms with Gasteiger partial charge in [0.1, 0.15) is 6.10 Å². The predicted molar refractivity (Wildman–Crippen MR) is 141 cm³/mol. The molecule has 3 saturated carbocycles. The van der Waals surface area contributed by atoms with Gasteiger partial charge in [0.25, 0.3) is 0 Å². The number of nitrogens with zero attached hydrogens (tertiary/aromatic N) is 1. The fourth-order valence-corrected chi connectivity index (χ4v) is 8.83. The van der Waals surface area contributed by atoms with Gasteiger partial charge in [-0.3, -0.25) is 9.59 Å². The lowest BCUT2D eigenvalue weighted by atomic mass is 9.44. The van der Waals surface area contributed by atoms with Crippen molar-refractivity contribution in [3.63, 3.8) is 0 Å². The number of hydrogen-bond donors (Lipinski definition) is 1. The average Bonchev–Trinajstić information content (AvgIpc) is 3.11. The number of rotatable bonds is 5. The molecule has 4 aliphatic rings. The van der Waals surface area contributed by atoms with Crippen LogP contribution in [0.2, 0.25) is 0 Å². The van der Waals surface area contributed by atoms with Crippen LogP contribution in [-0.4, -0.2) is 49.1 Å². The Labute approximate surface area is 213 Å². The second kappa shape index (κ2) is 9.68. The number of carbonyl (C=O) groups is 2. The van der Waals surface area contributed by atoms with Crippen LogP contribution in [0.4, 0.5) is 0 Å². The van der Waals surface area contributed by atoms with Gasteiger partial charge in [-0.15, -0.1) is 0 Å². The van der Waals surface area contributed by atoms with Crippen molar-refractivity contribution in [1.82, 2.24) is 10.2 Å². The molecule has 1 unspecified atom stereocenters. The van der Waals surface area contributed by atoms with Gasteiger partial charge in [-0.1, -0.05) is 31.1 Å². The van der Waals surface area contributed by atoms with E-state index >= 15 is 0 Å². The molecule has 1 N–H and O–H groups in total. The summed E-state index contributed by atoms with van der Waals surface area (Å²) in [6, 6.07) is 0.382. The summed E-state index contributed by atoms with van der Waals surface area (Å²) in [5.41, 5.74) is 3.09. The SMILES string of the molecule is CC(=O)O[C@@H]1C2CC[C@@H]3[C@H](CC[C@]4(C)C([C@H](C)N(C)C)=CC[C@@H]34)[C@@]2(C)CC[C@@H]1NC(=O)C=C(C)C. The Morgan fingerprint density at radius 3 is 2.40 bits per heavy atom. The lowest BCUT2D eigenvalue weighted by Crippen LogP contribution is -2.61. The zero-order valence-corrected chi connectivity index (χ0v) is 23.3. The van der Waals surface area contributed by atoms with E-state index in [2.05, 4.69) is 51.2 Å². The van der Waals surface area contributed by atoms with Crippen molar-refractivity contribution in [3.05, 3.63) is 23.3 Å². The number of fused-ring (bicyclic) bond motifs is 5. The van der Waals surface area contributed by atoms with E-state index in [0.717, 1.165) is 36.7 Å². The van der Waals surface area contributed by atoms with E-state index in [4.69, 9.17) is 4.74 Å². The van der Waals surface area contributed by atoms with Gasteiger partial charge in [-0.05, 0) is 108 Å². The van der Waals surface area contributed by atoms with Gasteiger partial charge in [0.05, 0.1) is 6.04 Å². The molecule has 0 spiro atoms. The third-order valence-corrected chi connectivity index (χ3v) is 10.6. The maximum Gasteiger partial charge on any atom is 0.302 e. The molecule has 3 fully saturated rings. The fraction of sp³-hybridized carbons (Fsp3) is 0.800. The summed E-state index contributed by atoms with van der Waals surface area (Å²) < 4.78 is 6.02. The molecule has 0 aromatic rings. The van der Waals surface area contributed by atoms with Crippen molar-refractivity contribution in [2.45, 2.75) is 105 Å². The van der Waals surface area contributed by atoms with Crippen molar-refractivity contribution in [2.24, 2.45) is 34.5 Å². The quantitative estimate of drug-likeness (QED) is 0.318. The predicted octanol–water partition coefficient (Wildman–Crippen LogP) is 5.51. The van der Waals surface area contributed by atoms with Crippen molar-refractivity contribution >= 4 is 11.9 Å². The van der Waals surface area contributed by atoms with E-state index < -0.39 is 0 Å². The number of likely N-dealkylation sites (N-methyl/N-ethyl adjacent to an activating group) is 1. The average molecular weight is 485 g/mol. The van der Waals surface area contributed by atoms with Crippen LogP contribution in [0.25, 0.3) is 0 Å². The summed E-state index contributed by atoms with van der Waals surface area (Å²) in [6.07, 6.45) is 12.0. The van der Waals surface area contributed by atoms with Gasteiger partial charge in [0.15, 0.2) is 0 Å². The summed E-state index contributed by atoms with van der Waals surface area (Å²) in [7, 11) is 4.40. The second-order valence-electron chi connectivity index (χ2n) is 13.0. The highest BCUT2D eigenvalue weighted by Gasteiger charge is 2.61. The molecular weight excluding hydrogens is 436 g/mol. The molecule has 0 saturated heterocycles. The molecule has 0 bridgehead atoms. The summed E-state index contributed by atoms with van der Waals surface area (Å²) >= 11 is 0. The molecule has 9 atom stereocenters.